The summed E-state index contributed by atoms with van der Waals surface area (Å²) in [5.41, 5.74) is 0.104. The highest BCUT2D eigenvalue weighted by molar-refractivity contribution is 6.32. The Balaban J connectivity index is 1.97. The number of hydrogen-bond donors (Lipinski definition) is 2. The van der Waals surface area contributed by atoms with Gasteiger partial charge in [-0.1, -0.05) is 17.7 Å². The number of carboxylic acid groups (broad SMARTS) is 1. The van der Waals surface area contributed by atoms with E-state index in [2.05, 4.69) is 10.3 Å². The Morgan fingerprint density at radius 1 is 1.28 bits per heavy atom. The molecule has 1 aromatic carbocycles. The molecule has 6 nitrogen and oxygen atoms in total. The Labute approximate surface area is 150 Å². The van der Waals surface area contributed by atoms with Gasteiger partial charge in [0.05, 0.1) is 16.1 Å². The number of aliphatic carboxylic acids is 1. The zero-order valence-corrected chi connectivity index (χ0v) is 14.7. The fourth-order valence-electron chi connectivity index (χ4n) is 2.01. The Bertz CT molecular complexity index is 763. The van der Waals surface area contributed by atoms with Crippen LogP contribution in [0.3, 0.4) is 0 Å². The Morgan fingerprint density at radius 3 is 2.64 bits per heavy atom. The molecule has 0 unspecified atom stereocenters. The maximum Gasteiger partial charge on any atom is 0.309 e. The average molecular weight is 363 g/mol. The first-order valence-electron chi connectivity index (χ1n) is 7.63. The second-order valence-corrected chi connectivity index (χ2v) is 6.58. The normalized spacial score (nSPS) is 11.0. The first-order chi connectivity index (χ1) is 11.8. The van der Waals surface area contributed by atoms with Crippen LogP contribution in [0.1, 0.15) is 26.0 Å². The summed E-state index contributed by atoms with van der Waals surface area (Å²) in [7, 11) is 0. The van der Waals surface area contributed by atoms with Crippen molar-refractivity contribution in [2.45, 2.75) is 26.9 Å². The van der Waals surface area contributed by atoms with Gasteiger partial charge in [0.15, 0.2) is 0 Å². The summed E-state index contributed by atoms with van der Waals surface area (Å²) in [6.45, 7) is 3.27. The maximum atomic E-state index is 12.0. The Hall–Kier alpha value is -2.60. The molecule has 2 N–H and O–H groups in total. The SMILES string of the molecule is CC(C)(CC(=O)Nc1ccc(OCc2ccccn2)c(Cl)c1)C(=O)O. The van der Waals surface area contributed by atoms with Gasteiger partial charge < -0.3 is 15.2 Å². The van der Waals surface area contributed by atoms with Crippen LogP contribution in [0.25, 0.3) is 0 Å². The van der Waals surface area contributed by atoms with Crippen LogP contribution < -0.4 is 10.1 Å². The van der Waals surface area contributed by atoms with Crippen LogP contribution in [-0.2, 0) is 16.2 Å². The van der Waals surface area contributed by atoms with Gasteiger partial charge in [0.25, 0.3) is 0 Å². The molecule has 132 valence electrons. The third-order valence-electron chi connectivity index (χ3n) is 3.50. The molecule has 1 heterocycles. The number of nitrogens with one attached hydrogen (secondary N) is 1. The molecule has 0 bridgehead atoms. The Kier molecular flexibility index (Phi) is 5.98. The minimum atomic E-state index is -1.14. The number of carbonyl (C=O) groups is 2. The lowest BCUT2D eigenvalue weighted by atomic mass is 9.89. The third kappa shape index (κ3) is 5.46. The molecule has 0 aliphatic heterocycles. The van der Waals surface area contributed by atoms with E-state index in [1.54, 1.807) is 24.4 Å². The van der Waals surface area contributed by atoms with Crippen LogP contribution in [0.15, 0.2) is 42.6 Å². The van der Waals surface area contributed by atoms with E-state index in [1.807, 2.05) is 18.2 Å². The molecular formula is C18H19ClN2O4. The molecule has 2 rings (SSSR count). The number of carbonyl (C=O) groups excluding carboxylic acids is 1. The van der Waals surface area contributed by atoms with E-state index in [1.165, 1.54) is 13.8 Å². The maximum absolute atomic E-state index is 12.0. The van der Waals surface area contributed by atoms with E-state index in [-0.39, 0.29) is 13.0 Å². The van der Waals surface area contributed by atoms with Crippen molar-refractivity contribution in [2.24, 2.45) is 5.41 Å². The van der Waals surface area contributed by atoms with E-state index in [0.29, 0.717) is 16.5 Å². The molecule has 1 amide bonds. The van der Waals surface area contributed by atoms with Crippen LogP contribution in [0.2, 0.25) is 5.02 Å². The lowest BCUT2D eigenvalue weighted by Crippen LogP contribution is -2.29. The fourth-order valence-corrected chi connectivity index (χ4v) is 2.25. The predicted octanol–water partition coefficient (Wildman–Crippen LogP) is 3.75. The van der Waals surface area contributed by atoms with E-state index in [9.17, 15) is 9.59 Å². The van der Waals surface area contributed by atoms with Crippen LogP contribution in [0.4, 0.5) is 5.69 Å². The van der Waals surface area contributed by atoms with Gasteiger partial charge in [0.2, 0.25) is 5.91 Å². The number of anilines is 1. The first kappa shape index (κ1) is 18.7. The van der Waals surface area contributed by atoms with Gasteiger partial charge in [-0.25, -0.2) is 0 Å². The highest BCUT2D eigenvalue weighted by Gasteiger charge is 2.30. The molecule has 0 aliphatic rings. The van der Waals surface area contributed by atoms with Crippen molar-refractivity contribution in [3.8, 4) is 5.75 Å². The van der Waals surface area contributed by atoms with Crippen molar-refractivity contribution in [3.63, 3.8) is 0 Å². The van der Waals surface area contributed by atoms with Crippen LogP contribution in [0, 0.1) is 5.41 Å². The molecule has 0 spiro atoms. The summed E-state index contributed by atoms with van der Waals surface area (Å²) in [4.78, 5) is 27.2. The Morgan fingerprint density at radius 2 is 2.04 bits per heavy atom. The van der Waals surface area contributed by atoms with Crippen LogP contribution in [0.5, 0.6) is 5.75 Å². The lowest BCUT2D eigenvalue weighted by molar-refractivity contribution is -0.148. The highest BCUT2D eigenvalue weighted by atomic mass is 35.5. The molecule has 1 aromatic heterocycles. The number of pyridine rings is 1. The molecule has 0 saturated carbocycles. The standard InChI is InChI=1S/C18H19ClN2O4/c1-18(2,17(23)24)10-16(22)21-12-6-7-15(14(19)9-12)25-11-13-5-3-4-8-20-13/h3-9H,10-11H2,1-2H3,(H,21,22)(H,23,24). The van der Waals surface area contributed by atoms with Gasteiger partial charge in [0, 0.05) is 18.3 Å². The number of rotatable bonds is 7. The fraction of sp³-hybridized carbons (Fsp3) is 0.278. The van der Waals surface area contributed by atoms with Gasteiger partial charge in [0.1, 0.15) is 12.4 Å². The zero-order chi connectivity index (χ0) is 18.4. The number of ether oxygens (including phenoxy) is 1. The quantitative estimate of drug-likeness (QED) is 0.783. The number of carboxylic acids is 1. The first-order valence-corrected chi connectivity index (χ1v) is 8.01. The van der Waals surface area contributed by atoms with Crippen molar-refractivity contribution in [1.29, 1.82) is 0 Å². The number of benzene rings is 1. The van der Waals surface area contributed by atoms with E-state index < -0.39 is 17.3 Å². The molecule has 2 aromatic rings. The summed E-state index contributed by atoms with van der Waals surface area (Å²) < 4.78 is 5.61. The highest BCUT2D eigenvalue weighted by Crippen LogP contribution is 2.29. The largest absolute Gasteiger partial charge is 0.486 e. The van der Waals surface area contributed by atoms with Gasteiger partial charge in [-0.2, -0.15) is 0 Å². The van der Waals surface area contributed by atoms with Crippen LogP contribution in [-0.4, -0.2) is 22.0 Å². The van der Waals surface area contributed by atoms with Crippen LogP contribution >= 0.6 is 11.6 Å². The van der Waals surface area contributed by atoms with Crippen molar-refractivity contribution in [1.82, 2.24) is 4.98 Å². The van der Waals surface area contributed by atoms with Crippen molar-refractivity contribution < 1.29 is 19.4 Å². The van der Waals surface area contributed by atoms with Gasteiger partial charge >= 0.3 is 5.97 Å². The minimum Gasteiger partial charge on any atom is -0.486 e. The van der Waals surface area contributed by atoms with Gasteiger partial charge in [-0.05, 0) is 44.2 Å². The van der Waals surface area contributed by atoms with Gasteiger partial charge in [-0.3, -0.25) is 14.6 Å². The number of halogens is 1. The number of nitrogens with zero attached hydrogens (tertiary/aromatic N) is 1. The molecule has 0 radical (unpaired) electrons. The summed E-state index contributed by atoms with van der Waals surface area (Å²) in [6.07, 6.45) is 1.54. The summed E-state index contributed by atoms with van der Waals surface area (Å²) >= 11 is 6.17. The number of hydrogen-bond acceptors (Lipinski definition) is 4. The van der Waals surface area contributed by atoms with E-state index in [0.717, 1.165) is 5.69 Å². The zero-order valence-electron chi connectivity index (χ0n) is 14.0. The lowest BCUT2D eigenvalue weighted by Gasteiger charge is -2.18. The predicted molar refractivity (Wildman–Crippen MR) is 94.7 cm³/mol. The second kappa shape index (κ2) is 7.98. The number of aromatic nitrogens is 1. The molecule has 0 atom stereocenters. The topological polar surface area (TPSA) is 88.5 Å². The summed E-state index contributed by atoms with van der Waals surface area (Å²) in [6, 6.07) is 10.4. The molecule has 0 saturated heterocycles. The minimum absolute atomic E-state index is 0.141. The van der Waals surface area contributed by atoms with Crippen molar-refractivity contribution >= 4 is 29.2 Å². The molecule has 0 aliphatic carbocycles. The molecule has 7 heteroatoms. The van der Waals surface area contributed by atoms with Crippen molar-refractivity contribution in [2.75, 3.05) is 5.32 Å². The molecular weight excluding hydrogens is 344 g/mol. The second-order valence-electron chi connectivity index (χ2n) is 6.17. The average Bonchev–Trinajstić information content (AvgIpc) is 2.54. The summed E-state index contributed by atoms with van der Waals surface area (Å²) in [5, 5.41) is 12.0. The number of amides is 1. The smallest absolute Gasteiger partial charge is 0.309 e. The van der Waals surface area contributed by atoms with E-state index in [4.69, 9.17) is 21.4 Å². The summed E-state index contributed by atoms with van der Waals surface area (Å²) in [5.74, 6) is -0.958. The van der Waals surface area contributed by atoms with E-state index >= 15 is 0 Å². The van der Waals surface area contributed by atoms with Crippen molar-refractivity contribution in [3.05, 3.63) is 53.3 Å². The monoisotopic (exact) mass is 362 g/mol. The third-order valence-corrected chi connectivity index (χ3v) is 3.79. The molecule has 0 fully saturated rings. The van der Waals surface area contributed by atoms with Gasteiger partial charge in [-0.15, -0.1) is 0 Å². The molecule has 25 heavy (non-hydrogen) atoms.